The normalized spacial score (nSPS) is 10.6. The summed E-state index contributed by atoms with van der Waals surface area (Å²) in [6.07, 6.45) is 1.45. The number of rotatable bonds is 6. The van der Waals surface area contributed by atoms with Crippen LogP contribution < -0.4 is 0 Å². The molecule has 1 nitrogen and oxygen atoms in total. The Bertz CT molecular complexity index is 79.6. The van der Waals surface area contributed by atoms with Crippen molar-refractivity contribution in [2.24, 2.45) is 0 Å². The standard InChI is InChI=1S/C5H12N.2C2H5.In/c1-4-5-6(2)3;2*1-2;/h1,4-5H2,2-3H3;2*1H2,2H3;. The van der Waals surface area contributed by atoms with E-state index in [0.29, 0.717) is 0 Å². The Hall–Kier alpha value is 0.830. The summed E-state index contributed by atoms with van der Waals surface area (Å²) in [4.78, 5) is 2.30. The van der Waals surface area contributed by atoms with Crippen molar-refractivity contribution in [3.8, 4) is 0 Å². The van der Waals surface area contributed by atoms with Gasteiger partial charge >= 0.3 is 79.8 Å². The van der Waals surface area contributed by atoms with Gasteiger partial charge in [0.15, 0.2) is 0 Å². The first kappa shape index (κ1) is 11.8. The molecule has 0 aromatic rings. The Morgan fingerprint density at radius 1 is 1.09 bits per heavy atom. The minimum atomic E-state index is -0.915. The third-order valence-corrected chi connectivity index (χ3v) is 12.5. The summed E-state index contributed by atoms with van der Waals surface area (Å²) in [5, 5.41) is 0. The van der Waals surface area contributed by atoms with E-state index in [-0.39, 0.29) is 0 Å². The van der Waals surface area contributed by atoms with Crippen LogP contribution in [0.4, 0.5) is 0 Å². The summed E-state index contributed by atoms with van der Waals surface area (Å²) >= 11 is -0.915. The van der Waals surface area contributed by atoms with Gasteiger partial charge in [0, 0.05) is 0 Å². The SMILES string of the molecule is C[CH2][In]([CH2]C)[CH2]CCN(C)C. The second-order valence-corrected chi connectivity index (χ2v) is 14.9. The van der Waals surface area contributed by atoms with E-state index < -0.39 is 21.4 Å². The van der Waals surface area contributed by atoms with Crippen LogP contribution in [-0.4, -0.2) is 47.0 Å². The summed E-state index contributed by atoms with van der Waals surface area (Å²) in [6.45, 7) is 6.08. The fraction of sp³-hybridized carbons (Fsp3) is 1.00. The van der Waals surface area contributed by atoms with Gasteiger partial charge in [-0.1, -0.05) is 0 Å². The van der Waals surface area contributed by atoms with Crippen LogP contribution in [0.1, 0.15) is 20.3 Å². The molecule has 0 atom stereocenters. The Morgan fingerprint density at radius 2 is 1.64 bits per heavy atom. The predicted molar refractivity (Wildman–Crippen MR) is 54.7 cm³/mol. The van der Waals surface area contributed by atoms with E-state index in [9.17, 15) is 0 Å². The summed E-state index contributed by atoms with van der Waals surface area (Å²) in [6, 6.07) is 0. The molecule has 0 aliphatic heterocycles. The van der Waals surface area contributed by atoms with Crippen molar-refractivity contribution in [1.29, 1.82) is 0 Å². The van der Waals surface area contributed by atoms with Gasteiger partial charge in [-0.2, -0.15) is 0 Å². The van der Waals surface area contributed by atoms with Crippen LogP contribution in [0.25, 0.3) is 0 Å². The van der Waals surface area contributed by atoms with Crippen molar-refractivity contribution in [1.82, 2.24) is 4.90 Å². The van der Waals surface area contributed by atoms with Gasteiger partial charge in [-0.25, -0.2) is 0 Å². The van der Waals surface area contributed by atoms with Crippen molar-refractivity contribution >= 4 is 21.4 Å². The average molecular weight is 259 g/mol. The Labute approximate surface area is 79.7 Å². The molecule has 0 N–H and O–H groups in total. The molecule has 0 rings (SSSR count). The second-order valence-electron chi connectivity index (χ2n) is 3.63. The number of hydrogen-bond acceptors (Lipinski definition) is 1. The molecule has 0 heterocycles. The maximum atomic E-state index is 2.39. The van der Waals surface area contributed by atoms with Gasteiger partial charge in [0.05, 0.1) is 0 Å². The fourth-order valence-electron chi connectivity index (χ4n) is 1.39. The molecule has 66 valence electrons. The van der Waals surface area contributed by atoms with E-state index >= 15 is 0 Å². The van der Waals surface area contributed by atoms with Crippen molar-refractivity contribution in [3.05, 3.63) is 0 Å². The molecule has 0 aliphatic carbocycles. The molecule has 0 radical (unpaired) electrons. The zero-order valence-corrected chi connectivity index (χ0v) is 11.9. The third-order valence-electron chi connectivity index (χ3n) is 2.37. The van der Waals surface area contributed by atoms with Crippen LogP contribution >= 0.6 is 0 Å². The van der Waals surface area contributed by atoms with Crippen LogP contribution in [0.5, 0.6) is 0 Å². The first-order valence-corrected chi connectivity index (χ1v) is 11.8. The first-order valence-electron chi connectivity index (χ1n) is 4.85. The zero-order chi connectivity index (χ0) is 8.69. The monoisotopic (exact) mass is 259 g/mol. The molecule has 0 aliphatic rings. The van der Waals surface area contributed by atoms with Crippen molar-refractivity contribution < 1.29 is 0 Å². The summed E-state index contributed by atoms with van der Waals surface area (Å²) < 4.78 is 4.74. The van der Waals surface area contributed by atoms with Gasteiger partial charge in [-0.15, -0.1) is 0 Å². The topological polar surface area (TPSA) is 3.24 Å². The number of hydrogen-bond donors (Lipinski definition) is 0. The molecule has 0 aromatic heterocycles. The molecule has 0 saturated heterocycles. The summed E-state index contributed by atoms with van der Waals surface area (Å²) in [5.41, 5.74) is 0. The molecule has 0 bridgehead atoms. The van der Waals surface area contributed by atoms with Gasteiger partial charge in [0.1, 0.15) is 0 Å². The predicted octanol–water partition coefficient (Wildman–Crippen LogP) is 2.47. The van der Waals surface area contributed by atoms with E-state index in [1.807, 2.05) is 0 Å². The summed E-state index contributed by atoms with van der Waals surface area (Å²) in [7, 11) is 4.34. The molecular formula is C9H22InN. The van der Waals surface area contributed by atoms with E-state index in [4.69, 9.17) is 0 Å². The van der Waals surface area contributed by atoms with Gasteiger partial charge in [0.2, 0.25) is 0 Å². The molecule has 2 heteroatoms. The second kappa shape index (κ2) is 7.48. The molecular weight excluding hydrogens is 237 g/mol. The van der Waals surface area contributed by atoms with Gasteiger partial charge in [0.25, 0.3) is 0 Å². The van der Waals surface area contributed by atoms with Gasteiger partial charge in [-0.3, -0.25) is 0 Å². The molecule has 0 unspecified atom stereocenters. The van der Waals surface area contributed by atoms with Crippen LogP contribution in [0.15, 0.2) is 0 Å². The first-order chi connectivity index (χ1) is 5.20. The van der Waals surface area contributed by atoms with Crippen LogP contribution in [0, 0.1) is 0 Å². The Morgan fingerprint density at radius 3 is 2.00 bits per heavy atom. The average Bonchev–Trinajstić information content (AvgIpc) is 1.98. The third kappa shape index (κ3) is 7.20. The zero-order valence-electron chi connectivity index (χ0n) is 8.56. The Kier molecular flexibility index (Phi) is 8.04. The summed E-state index contributed by atoms with van der Waals surface area (Å²) in [5.74, 6) is 0. The quantitative estimate of drug-likeness (QED) is 0.708. The van der Waals surface area contributed by atoms with E-state index in [1.165, 1.54) is 13.0 Å². The number of nitrogens with zero attached hydrogens (tertiary/aromatic N) is 1. The molecule has 0 aromatic carbocycles. The van der Waals surface area contributed by atoms with Gasteiger partial charge < -0.3 is 0 Å². The van der Waals surface area contributed by atoms with Crippen LogP contribution in [0.3, 0.4) is 0 Å². The molecule has 0 spiro atoms. The van der Waals surface area contributed by atoms with E-state index in [0.717, 1.165) is 0 Å². The fourth-order valence-corrected chi connectivity index (χ4v) is 7.54. The van der Waals surface area contributed by atoms with E-state index in [1.54, 1.807) is 12.5 Å². The maximum absolute atomic E-state index is 2.39. The van der Waals surface area contributed by atoms with Gasteiger partial charge in [-0.05, 0) is 0 Å². The van der Waals surface area contributed by atoms with Crippen LogP contribution in [0.2, 0.25) is 12.5 Å². The molecule has 0 saturated carbocycles. The van der Waals surface area contributed by atoms with Crippen LogP contribution in [-0.2, 0) is 0 Å². The van der Waals surface area contributed by atoms with Crippen molar-refractivity contribution in [2.75, 3.05) is 20.6 Å². The molecule has 0 amide bonds. The van der Waals surface area contributed by atoms with E-state index in [2.05, 4.69) is 32.8 Å². The van der Waals surface area contributed by atoms with Crippen molar-refractivity contribution in [2.45, 2.75) is 32.8 Å². The minimum absolute atomic E-state index is 0.915. The Balaban J connectivity index is 3.21. The molecule has 0 fully saturated rings. The van der Waals surface area contributed by atoms with Crippen molar-refractivity contribution in [3.63, 3.8) is 0 Å². The molecule has 11 heavy (non-hydrogen) atoms.